The standard InChI is InChI=1S/C23H28N2O5/c1-5-12-25-18-9-8-17(14-20(18)30-15(2)23(25)27)24-22(26)11-7-16-6-10-19(28-3)21(13-16)29-4/h6,8-10,13-15H,5,7,11-12H2,1-4H3,(H,24,26). The molecule has 160 valence electrons. The fourth-order valence-corrected chi connectivity index (χ4v) is 3.46. The normalized spacial score (nSPS) is 15.3. The zero-order valence-electron chi connectivity index (χ0n) is 17.9. The lowest BCUT2D eigenvalue weighted by Crippen LogP contribution is -2.44. The smallest absolute Gasteiger partial charge is 0.267 e. The number of ether oxygens (including phenoxy) is 3. The minimum Gasteiger partial charge on any atom is -0.493 e. The minimum absolute atomic E-state index is 0.0453. The first-order valence-electron chi connectivity index (χ1n) is 10.1. The van der Waals surface area contributed by atoms with Crippen LogP contribution >= 0.6 is 0 Å². The lowest BCUT2D eigenvalue weighted by molar-refractivity contribution is -0.125. The summed E-state index contributed by atoms with van der Waals surface area (Å²) in [6, 6.07) is 11.0. The van der Waals surface area contributed by atoms with Crippen molar-refractivity contribution in [2.24, 2.45) is 0 Å². The molecule has 2 amide bonds. The molecular formula is C23H28N2O5. The summed E-state index contributed by atoms with van der Waals surface area (Å²) >= 11 is 0. The summed E-state index contributed by atoms with van der Waals surface area (Å²) in [7, 11) is 3.17. The van der Waals surface area contributed by atoms with Gasteiger partial charge in [-0.05, 0) is 49.6 Å². The molecule has 1 atom stereocenters. The van der Waals surface area contributed by atoms with Crippen molar-refractivity contribution in [1.29, 1.82) is 0 Å². The molecule has 2 aromatic rings. The van der Waals surface area contributed by atoms with Crippen molar-refractivity contribution in [1.82, 2.24) is 0 Å². The number of fused-ring (bicyclic) bond motifs is 1. The van der Waals surface area contributed by atoms with Gasteiger partial charge in [-0.25, -0.2) is 0 Å². The van der Waals surface area contributed by atoms with Gasteiger partial charge >= 0.3 is 0 Å². The molecule has 7 nitrogen and oxygen atoms in total. The number of carbonyl (C=O) groups is 2. The number of benzene rings is 2. The molecule has 0 aliphatic carbocycles. The Bertz CT molecular complexity index is 928. The van der Waals surface area contributed by atoms with Crippen LogP contribution in [0.2, 0.25) is 0 Å². The van der Waals surface area contributed by atoms with E-state index < -0.39 is 6.10 Å². The van der Waals surface area contributed by atoms with E-state index in [4.69, 9.17) is 14.2 Å². The average Bonchev–Trinajstić information content (AvgIpc) is 2.75. The zero-order valence-corrected chi connectivity index (χ0v) is 17.9. The molecular weight excluding hydrogens is 384 g/mol. The molecule has 3 rings (SSSR count). The first-order chi connectivity index (χ1) is 14.5. The largest absolute Gasteiger partial charge is 0.493 e. The lowest BCUT2D eigenvalue weighted by atomic mass is 10.1. The van der Waals surface area contributed by atoms with Crippen LogP contribution < -0.4 is 24.4 Å². The van der Waals surface area contributed by atoms with Crippen molar-refractivity contribution < 1.29 is 23.8 Å². The molecule has 7 heteroatoms. The quantitative estimate of drug-likeness (QED) is 0.714. The van der Waals surface area contributed by atoms with Gasteiger partial charge in [0.2, 0.25) is 5.91 Å². The van der Waals surface area contributed by atoms with Gasteiger partial charge in [0, 0.05) is 24.7 Å². The molecule has 0 radical (unpaired) electrons. The van der Waals surface area contributed by atoms with E-state index in [-0.39, 0.29) is 11.8 Å². The van der Waals surface area contributed by atoms with Crippen LogP contribution in [0.3, 0.4) is 0 Å². The van der Waals surface area contributed by atoms with Gasteiger partial charge in [0.1, 0.15) is 5.75 Å². The highest BCUT2D eigenvalue weighted by molar-refractivity contribution is 6.00. The Labute approximate surface area is 176 Å². The van der Waals surface area contributed by atoms with E-state index in [9.17, 15) is 9.59 Å². The van der Waals surface area contributed by atoms with Crippen LogP contribution in [0.5, 0.6) is 17.2 Å². The Morgan fingerprint density at radius 2 is 1.90 bits per heavy atom. The number of nitrogens with zero attached hydrogens (tertiary/aromatic N) is 1. The Balaban J connectivity index is 1.65. The highest BCUT2D eigenvalue weighted by Crippen LogP contribution is 2.36. The van der Waals surface area contributed by atoms with E-state index >= 15 is 0 Å². The van der Waals surface area contributed by atoms with Crippen LogP contribution in [0.1, 0.15) is 32.3 Å². The average molecular weight is 412 g/mol. The number of anilines is 2. The monoisotopic (exact) mass is 412 g/mol. The lowest BCUT2D eigenvalue weighted by Gasteiger charge is -2.33. The van der Waals surface area contributed by atoms with Crippen molar-refractivity contribution >= 4 is 23.2 Å². The van der Waals surface area contributed by atoms with Gasteiger partial charge in [-0.2, -0.15) is 0 Å². The molecule has 2 aromatic carbocycles. The van der Waals surface area contributed by atoms with Crippen LogP contribution in [-0.4, -0.2) is 38.7 Å². The number of amides is 2. The first kappa shape index (κ1) is 21.5. The number of hydrogen-bond donors (Lipinski definition) is 1. The maximum absolute atomic E-state index is 12.4. The first-order valence-corrected chi connectivity index (χ1v) is 10.1. The van der Waals surface area contributed by atoms with Crippen molar-refractivity contribution in [2.75, 3.05) is 31.0 Å². The number of rotatable bonds is 8. The molecule has 1 aliphatic rings. The van der Waals surface area contributed by atoms with Crippen molar-refractivity contribution in [3.63, 3.8) is 0 Å². The van der Waals surface area contributed by atoms with Gasteiger partial charge in [-0.1, -0.05) is 13.0 Å². The summed E-state index contributed by atoms with van der Waals surface area (Å²) in [6.45, 7) is 4.40. The third-order valence-electron chi connectivity index (χ3n) is 4.99. The van der Waals surface area contributed by atoms with Crippen LogP contribution in [0.4, 0.5) is 11.4 Å². The predicted octanol–water partition coefficient (Wildman–Crippen LogP) is 3.80. The predicted molar refractivity (Wildman–Crippen MR) is 116 cm³/mol. The second-order valence-electron chi connectivity index (χ2n) is 7.17. The van der Waals surface area contributed by atoms with Gasteiger partial charge in [0.25, 0.3) is 5.91 Å². The number of methoxy groups -OCH3 is 2. The van der Waals surface area contributed by atoms with E-state index in [2.05, 4.69) is 5.32 Å². The number of nitrogens with one attached hydrogen (secondary N) is 1. The number of hydrogen-bond acceptors (Lipinski definition) is 5. The third-order valence-corrected chi connectivity index (χ3v) is 4.99. The topological polar surface area (TPSA) is 77.1 Å². The Morgan fingerprint density at radius 3 is 2.60 bits per heavy atom. The highest BCUT2D eigenvalue weighted by Gasteiger charge is 2.31. The van der Waals surface area contributed by atoms with Crippen molar-refractivity contribution in [2.45, 2.75) is 39.2 Å². The maximum atomic E-state index is 12.4. The zero-order chi connectivity index (χ0) is 21.7. The van der Waals surface area contributed by atoms with E-state index in [1.807, 2.05) is 31.2 Å². The second-order valence-corrected chi connectivity index (χ2v) is 7.17. The van der Waals surface area contributed by atoms with Crippen molar-refractivity contribution in [3.8, 4) is 17.2 Å². The summed E-state index contributed by atoms with van der Waals surface area (Å²) in [5.74, 6) is 1.76. The molecule has 0 saturated heterocycles. The van der Waals surface area contributed by atoms with Gasteiger partial charge in [-0.3, -0.25) is 9.59 Å². The molecule has 0 saturated carbocycles. The van der Waals surface area contributed by atoms with Crippen LogP contribution in [0.15, 0.2) is 36.4 Å². The van der Waals surface area contributed by atoms with Crippen LogP contribution in [0, 0.1) is 0 Å². The summed E-state index contributed by atoms with van der Waals surface area (Å²) < 4.78 is 16.3. The van der Waals surface area contributed by atoms with Crippen LogP contribution in [-0.2, 0) is 16.0 Å². The van der Waals surface area contributed by atoms with Gasteiger partial charge in [0.05, 0.1) is 19.9 Å². The third kappa shape index (κ3) is 4.67. The van der Waals surface area contributed by atoms with E-state index in [0.29, 0.717) is 42.3 Å². The molecule has 0 fully saturated rings. The fraction of sp³-hybridized carbons (Fsp3) is 0.391. The molecule has 0 aromatic heterocycles. The summed E-state index contributed by atoms with van der Waals surface area (Å²) in [5.41, 5.74) is 2.37. The van der Waals surface area contributed by atoms with E-state index in [1.54, 1.807) is 38.2 Å². The molecule has 0 spiro atoms. The van der Waals surface area contributed by atoms with Crippen molar-refractivity contribution in [3.05, 3.63) is 42.0 Å². The van der Waals surface area contributed by atoms with Gasteiger partial charge in [-0.15, -0.1) is 0 Å². The summed E-state index contributed by atoms with van der Waals surface area (Å²) in [6.07, 6.45) is 1.21. The van der Waals surface area contributed by atoms with E-state index in [0.717, 1.165) is 17.7 Å². The molecule has 30 heavy (non-hydrogen) atoms. The summed E-state index contributed by atoms with van der Waals surface area (Å²) in [4.78, 5) is 26.5. The molecule has 1 heterocycles. The second kappa shape index (κ2) is 9.52. The fourth-order valence-electron chi connectivity index (χ4n) is 3.46. The number of aryl methyl sites for hydroxylation is 1. The van der Waals surface area contributed by atoms with Gasteiger partial charge in [0.15, 0.2) is 17.6 Å². The SMILES string of the molecule is CCCN1C(=O)C(C)Oc2cc(NC(=O)CCc3ccc(OC)c(OC)c3)ccc21. The molecule has 0 bridgehead atoms. The Hall–Kier alpha value is -3.22. The molecule has 1 unspecified atom stereocenters. The molecule has 1 N–H and O–H groups in total. The number of carbonyl (C=O) groups excluding carboxylic acids is 2. The minimum atomic E-state index is -0.542. The maximum Gasteiger partial charge on any atom is 0.267 e. The highest BCUT2D eigenvalue weighted by atomic mass is 16.5. The summed E-state index contributed by atoms with van der Waals surface area (Å²) in [5, 5.41) is 2.91. The van der Waals surface area contributed by atoms with Gasteiger partial charge < -0.3 is 24.4 Å². The Morgan fingerprint density at radius 1 is 1.13 bits per heavy atom. The van der Waals surface area contributed by atoms with E-state index in [1.165, 1.54) is 0 Å². The molecule has 1 aliphatic heterocycles. The Kier molecular flexibility index (Phi) is 6.82. The van der Waals surface area contributed by atoms with Crippen LogP contribution in [0.25, 0.3) is 0 Å².